The number of aromatic nitrogens is 1. The number of benzene rings is 1. The van der Waals surface area contributed by atoms with E-state index in [2.05, 4.69) is 31.5 Å². The van der Waals surface area contributed by atoms with Gasteiger partial charge in [-0.2, -0.15) is 0 Å². The van der Waals surface area contributed by atoms with Crippen molar-refractivity contribution in [3.05, 3.63) is 57.2 Å². The first kappa shape index (κ1) is 18.2. The van der Waals surface area contributed by atoms with Crippen LogP contribution in [0.3, 0.4) is 0 Å². The topological polar surface area (TPSA) is 97.1 Å². The number of hydrogen-bond donors (Lipinski definition) is 3. The first-order chi connectivity index (χ1) is 11.5. The fraction of sp³-hybridized carbons (Fsp3) is 0.188. The third-order valence-corrected chi connectivity index (χ3v) is 3.98. The van der Waals surface area contributed by atoms with Crippen molar-refractivity contribution in [3.63, 3.8) is 0 Å². The highest BCUT2D eigenvalue weighted by atomic mass is 79.9. The molecular formula is C16H16BrClN4O2. The van der Waals surface area contributed by atoms with E-state index in [4.69, 9.17) is 17.3 Å². The van der Waals surface area contributed by atoms with Crippen molar-refractivity contribution in [2.24, 2.45) is 5.73 Å². The van der Waals surface area contributed by atoms with Crippen molar-refractivity contribution in [1.82, 2.24) is 10.3 Å². The molecule has 4 N–H and O–H groups in total. The van der Waals surface area contributed by atoms with Crippen LogP contribution in [0.1, 0.15) is 27.1 Å². The van der Waals surface area contributed by atoms with Crippen molar-refractivity contribution < 1.29 is 9.59 Å². The summed E-state index contributed by atoms with van der Waals surface area (Å²) < 4.78 is 0.926. The number of anilines is 1. The zero-order valence-corrected chi connectivity index (χ0v) is 15.0. The van der Waals surface area contributed by atoms with E-state index in [1.807, 2.05) is 12.1 Å². The molecule has 126 valence electrons. The predicted octanol–water partition coefficient (Wildman–Crippen LogP) is 2.83. The number of rotatable bonds is 7. The van der Waals surface area contributed by atoms with Crippen molar-refractivity contribution in [2.75, 3.05) is 18.4 Å². The van der Waals surface area contributed by atoms with Crippen LogP contribution < -0.4 is 16.4 Å². The van der Waals surface area contributed by atoms with E-state index < -0.39 is 5.91 Å². The molecule has 0 aliphatic heterocycles. The summed E-state index contributed by atoms with van der Waals surface area (Å²) in [5.74, 6) is -0.225. The van der Waals surface area contributed by atoms with Crippen molar-refractivity contribution in [3.8, 4) is 0 Å². The molecule has 0 fully saturated rings. The van der Waals surface area contributed by atoms with Crippen molar-refractivity contribution in [1.29, 1.82) is 0 Å². The number of amides is 2. The Bertz CT molecular complexity index is 737. The summed E-state index contributed by atoms with van der Waals surface area (Å²) in [4.78, 5) is 27.0. The highest BCUT2D eigenvalue weighted by Gasteiger charge is 2.07. The van der Waals surface area contributed by atoms with E-state index >= 15 is 0 Å². The van der Waals surface area contributed by atoms with Crippen LogP contribution in [0.4, 0.5) is 5.82 Å². The van der Waals surface area contributed by atoms with Crippen LogP contribution in [0.25, 0.3) is 0 Å². The number of primary amides is 1. The van der Waals surface area contributed by atoms with Crippen molar-refractivity contribution in [2.45, 2.75) is 6.42 Å². The van der Waals surface area contributed by atoms with Crippen molar-refractivity contribution >= 4 is 45.2 Å². The van der Waals surface area contributed by atoms with Gasteiger partial charge in [0.2, 0.25) is 5.91 Å². The molecule has 2 rings (SSSR count). The maximum Gasteiger partial charge on any atom is 0.251 e. The number of nitrogens with zero attached hydrogens (tertiary/aromatic N) is 1. The van der Waals surface area contributed by atoms with Gasteiger partial charge < -0.3 is 16.4 Å². The van der Waals surface area contributed by atoms with Gasteiger partial charge in [-0.25, -0.2) is 4.98 Å². The average molecular weight is 412 g/mol. The fourth-order valence-electron chi connectivity index (χ4n) is 1.90. The third kappa shape index (κ3) is 5.21. The fourth-order valence-corrected chi connectivity index (χ4v) is 2.40. The summed E-state index contributed by atoms with van der Waals surface area (Å²) in [7, 11) is 0. The average Bonchev–Trinajstić information content (AvgIpc) is 2.56. The molecule has 1 aromatic carbocycles. The van der Waals surface area contributed by atoms with Gasteiger partial charge in [0, 0.05) is 29.3 Å². The van der Waals surface area contributed by atoms with Crippen LogP contribution in [0, 0.1) is 0 Å². The summed E-state index contributed by atoms with van der Waals surface area (Å²) in [6.45, 7) is 1.09. The minimum atomic E-state index is -0.577. The third-order valence-electron chi connectivity index (χ3n) is 3.16. The lowest BCUT2D eigenvalue weighted by Gasteiger charge is -2.09. The molecule has 8 heteroatoms. The molecular weight excluding hydrogens is 396 g/mol. The molecule has 0 aliphatic carbocycles. The van der Waals surface area contributed by atoms with Crippen LogP contribution in [-0.4, -0.2) is 29.9 Å². The lowest BCUT2D eigenvalue weighted by atomic mass is 10.2. The lowest BCUT2D eigenvalue weighted by Crippen LogP contribution is -2.25. The van der Waals surface area contributed by atoms with E-state index in [1.165, 1.54) is 12.3 Å². The second-order valence-electron chi connectivity index (χ2n) is 4.96. The number of hydrogen-bond acceptors (Lipinski definition) is 4. The Balaban J connectivity index is 1.74. The SMILES string of the molecule is NC(=O)c1cnc(NCCCNC(=O)c2ccc(Br)cc2)c(Cl)c1. The number of pyridine rings is 1. The van der Waals surface area contributed by atoms with E-state index in [1.54, 1.807) is 12.1 Å². The molecule has 0 atom stereocenters. The smallest absolute Gasteiger partial charge is 0.251 e. The molecule has 24 heavy (non-hydrogen) atoms. The van der Waals surface area contributed by atoms with Gasteiger partial charge in [-0.3, -0.25) is 9.59 Å². The molecule has 0 saturated heterocycles. The normalized spacial score (nSPS) is 10.2. The first-order valence-electron chi connectivity index (χ1n) is 7.20. The largest absolute Gasteiger partial charge is 0.369 e. The molecule has 0 unspecified atom stereocenters. The molecule has 2 aromatic rings. The second kappa shape index (κ2) is 8.65. The quantitative estimate of drug-likeness (QED) is 0.610. The molecule has 6 nitrogen and oxygen atoms in total. The maximum absolute atomic E-state index is 11.9. The zero-order chi connectivity index (χ0) is 17.5. The number of carbonyl (C=O) groups is 2. The Hall–Kier alpha value is -2.12. The molecule has 0 bridgehead atoms. The molecule has 2 amide bonds. The summed E-state index contributed by atoms with van der Waals surface area (Å²) >= 11 is 9.35. The summed E-state index contributed by atoms with van der Waals surface area (Å²) in [5, 5.41) is 6.21. The van der Waals surface area contributed by atoms with Gasteiger partial charge in [0.05, 0.1) is 10.6 Å². The molecule has 0 spiro atoms. The maximum atomic E-state index is 11.9. The van der Waals surface area contributed by atoms with E-state index in [-0.39, 0.29) is 11.5 Å². The monoisotopic (exact) mass is 410 g/mol. The molecule has 1 heterocycles. The minimum Gasteiger partial charge on any atom is -0.369 e. The molecule has 0 radical (unpaired) electrons. The van der Waals surface area contributed by atoms with E-state index in [0.29, 0.717) is 35.9 Å². The Kier molecular flexibility index (Phi) is 6.57. The van der Waals surface area contributed by atoms with Gasteiger partial charge in [-0.05, 0) is 36.8 Å². The summed E-state index contributed by atoms with van der Waals surface area (Å²) in [5.41, 5.74) is 6.02. The second-order valence-corrected chi connectivity index (χ2v) is 6.28. The first-order valence-corrected chi connectivity index (χ1v) is 8.37. The standard InChI is InChI=1S/C16H16BrClN4O2/c17-12-4-2-10(3-5-12)16(24)21-7-1-6-20-15-13(18)8-11(9-22-15)14(19)23/h2-5,8-9H,1,6-7H2,(H2,19,23)(H,20,22)(H,21,24). The number of nitrogens with two attached hydrogens (primary N) is 1. The Labute approximate surface area is 152 Å². The molecule has 1 aromatic heterocycles. The Morgan fingerprint density at radius 2 is 1.88 bits per heavy atom. The Morgan fingerprint density at radius 3 is 2.50 bits per heavy atom. The highest BCUT2D eigenvalue weighted by Crippen LogP contribution is 2.19. The van der Waals surface area contributed by atoms with Gasteiger partial charge in [0.25, 0.3) is 5.91 Å². The van der Waals surface area contributed by atoms with Crippen LogP contribution >= 0.6 is 27.5 Å². The van der Waals surface area contributed by atoms with E-state index in [9.17, 15) is 9.59 Å². The predicted molar refractivity (Wildman–Crippen MR) is 97.3 cm³/mol. The van der Waals surface area contributed by atoms with Gasteiger partial charge >= 0.3 is 0 Å². The number of carbonyl (C=O) groups excluding carboxylic acids is 2. The van der Waals surface area contributed by atoms with Crippen LogP contribution in [0.2, 0.25) is 5.02 Å². The van der Waals surface area contributed by atoms with Gasteiger partial charge in [-0.15, -0.1) is 0 Å². The van der Waals surface area contributed by atoms with Crippen LogP contribution in [-0.2, 0) is 0 Å². The number of halogens is 2. The van der Waals surface area contributed by atoms with Crippen LogP contribution in [0.5, 0.6) is 0 Å². The molecule has 0 saturated carbocycles. The number of nitrogens with one attached hydrogen (secondary N) is 2. The summed E-state index contributed by atoms with van der Waals surface area (Å²) in [6, 6.07) is 8.61. The minimum absolute atomic E-state index is 0.121. The van der Waals surface area contributed by atoms with E-state index in [0.717, 1.165) is 4.47 Å². The highest BCUT2D eigenvalue weighted by molar-refractivity contribution is 9.10. The summed E-state index contributed by atoms with van der Waals surface area (Å²) in [6.07, 6.45) is 2.06. The van der Waals surface area contributed by atoms with Gasteiger partial charge in [0.15, 0.2) is 0 Å². The molecule has 0 aliphatic rings. The van der Waals surface area contributed by atoms with Gasteiger partial charge in [-0.1, -0.05) is 27.5 Å². The zero-order valence-electron chi connectivity index (χ0n) is 12.7. The van der Waals surface area contributed by atoms with Gasteiger partial charge in [0.1, 0.15) is 5.82 Å². The Morgan fingerprint density at radius 1 is 1.17 bits per heavy atom. The van der Waals surface area contributed by atoms with Crippen LogP contribution in [0.15, 0.2) is 41.0 Å². The lowest BCUT2D eigenvalue weighted by molar-refractivity contribution is 0.0952.